The zero-order valence-corrected chi connectivity index (χ0v) is 24.8. The Bertz CT molecular complexity index is 1450. The average molecular weight is 584 g/mol. The van der Waals surface area contributed by atoms with Crippen LogP contribution in [0.4, 0.5) is 10.5 Å². The Hall–Kier alpha value is -4.03. The molecule has 0 fully saturated rings. The van der Waals surface area contributed by atoms with Crippen molar-refractivity contribution >= 4 is 26.8 Å². The van der Waals surface area contributed by atoms with Crippen molar-refractivity contribution in [3.05, 3.63) is 77.9 Å². The molecule has 1 atom stereocenters. The van der Waals surface area contributed by atoms with Crippen molar-refractivity contribution in [3.8, 4) is 11.5 Å². The van der Waals surface area contributed by atoms with E-state index in [-0.39, 0.29) is 11.7 Å². The highest BCUT2D eigenvalue weighted by atomic mass is 32.2. The van der Waals surface area contributed by atoms with Crippen LogP contribution in [-0.2, 0) is 21.0 Å². The molecule has 41 heavy (non-hydrogen) atoms. The van der Waals surface area contributed by atoms with E-state index in [1.165, 1.54) is 17.0 Å². The van der Waals surface area contributed by atoms with E-state index in [9.17, 15) is 13.2 Å². The first-order chi connectivity index (χ1) is 19.4. The molecule has 0 aliphatic carbocycles. The van der Waals surface area contributed by atoms with Crippen LogP contribution >= 0.6 is 0 Å². The molecule has 2 N–H and O–H groups in total. The van der Waals surface area contributed by atoms with Crippen molar-refractivity contribution < 1.29 is 27.4 Å². The van der Waals surface area contributed by atoms with Gasteiger partial charge >= 0.3 is 6.09 Å². The lowest BCUT2D eigenvalue weighted by Gasteiger charge is -2.38. The number of ether oxygens (including phenoxy) is 3. The van der Waals surface area contributed by atoms with Gasteiger partial charge in [-0.1, -0.05) is 36.9 Å². The lowest BCUT2D eigenvalue weighted by Crippen LogP contribution is -2.48. The minimum atomic E-state index is -4.05. The number of amidine groups is 1. The summed E-state index contributed by atoms with van der Waals surface area (Å²) in [5.74, 6) is 0.519. The van der Waals surface area contributed by atoms with Gasteiger partial charge in [-0.3, -0.25) is 4.90 Å². The molecule has 11 nitrogen and oxygen atoms in total. The van der Waals surface area contributed by atoms with Crippen LogP contribution in [0.25, 0.3) is 0 Å². The number of nitrogens with zero attached hydrogens (tertiary/aromatic N) is 3. The predicted octanol–water partition coefficient (Wildman–Crippen LogP) is 4.26. The largest absolute Gasteiger partial charge is 0.493 e. The van der Waals surface area contributed by atoms with E-state index in [1.54, 1.807) is 57.2 Å². The van der Waals surface area contributed by atoms with Crippen LogP contribution in [-0.4, -0.2) is 56.2 Å². The molecule has 2 aromatic carbocycles. The summed E-state index contributed by atoms with van der Waals surface area (Å²) in [6.45, 7) is 11.5. The second kappa shape index (κ2) is 12.2. The minimum absolute atomic E-state index is 0.212. The number of amides is 1. The molecule has 2 aliphatic heterocycles. The minimum Gasteiger partial charge on any atom is -0.493 e. The number of rotatable bonds is 8. The SMILES string of the molecule is C=C/C=C(\C)COc1cc2c(cc1OC)C(CS(=O)(=O)C1=NNNN1c1ccccc1)N(C(=O)OC(C)(C)C)CC2. The number of hydrogen-bond acceptors (Lipinski definition) is 10. The number of hydrazone groups is 1. The summed E-state index contributed by atoms with van der Waals surface area (Å²) >= 11 is 0. The van der Waals surface area contributed by atoms with Gasteiger partial charge in [0, 0.05) is 6.54 Å². The van der Waals surface area contributed by atoms with E-state index < -0.39 is 33.3 Å². The number of allylic oxidation sites excluding steroid dienone is 2. The van der Waals surface area contributed by atoms with Crippen molar-refractivity contribution in [1.29, 1.82) is 0 Å². The van der Waals surface area contributed by atoms with E-state index in [2.05, 4.69) is 22.7 Å². The molecule has 2 heterocycles. The van der Waals surface area contributed by atoms with E-state index in [0.717, 1.165) is 11.1 Å². The lowest BCUT2D eigenvalue weighted by molar-refractivity contribution is 0.0163. The van der Waals surface area contributed by atoms with Gasteiger partial charge < -0.3 is 14.2 Å². The van der Waals surface area contributed by atoms with Gasteiger partial charge in [0.25, 0.3) is 5.17 Å². The zero-order chi connectivity index (χ0) is 29.8. The third-order valence-corrected chi connectivity index (χ3v) is 8.03. The smallest absolute Gasteiger partial charge is 0.410 e. The Morgan fingerprint density at radius 2 is 1.93 bits per heavy atom. The number of carbonyl (C=O) groups excluding carboxylic acids is 1. The normalized spacial score (nSPS) is 17.3. The van der Waals surface area contributed by atoms with Crippen LogP contribution in [0, 0.1) is 0 Å². The van der Waals surface area contributed by atoms with Crippen LogP contribution in [0.15, 0.2) is 71.9 Å². The fraction of sp³-hybridized carbons (Fsp3) is 0.379. The summed E-state index contributed by atoms with van der Waals surface area (Å²) in [6.07, 6.45) is 3.43. The standard InChI is InChI=1S/C29H37N5O6S/c1-7-11-20(2)18-39-26-16-21-14-15-33(28(35)40-29(3,4)5)24(23(21)17-25(26)38-6)19-41(36,37)27-30-31-32-34(27)22-12-9-8-10-13-22/h7-13,16-17,24,31-32H,1,14-15,18-19H2,2-6H3/b20-11+. The number of sulfone groups is 1. The summed E-state index contributed by atoms with van der Waals surface area (Å²) in [7, 11) is -2.54. The number of hydrazine groups is 2. The maximum Gasteiger partial charge on any atom is 0.410 e. The van der Waals surface area contributed by atoms with Crippen molar-refractivity contribution in [1.82, 2.24) is 16.0 Å². The van der Waals surface area contributed by atoms with E-state index in [1.807, 2.05) is 25.1 Å². The first kappa shape index (κ1) is 29.9. The number of para-hydroxylation sites is 1. The molecule has 0 spiro atoms. The maximum absolute atomic E-state index is 13.9. The van der Waals surface area contributed by atoms with Crippen LogP contribution in [0.5, 0.6) is 11.5 Å². The Morgan fingerprint density at radius 1 is 1.20 bits per heavy atom. The van der Waals surface area contributed by atoms with Crippen molar-refractivity contribution in [3.63, 3.8) is 0 Å². The summed E-state index contributed by atoms with van der Waals surface area (Å²) in [5, 5.41) is 5.16. The predicted molar refractivity (Wildman–Crippen MR) is 158 cm³/mol. The molecule has 4 rings (SSSR count). The van der Waals surface area contributed by atoms with Gasteiger partial charge in [0.05, 0.1) is 24.6 Å². The van der Waals surface area contributed by atoms with Gasteiger partial charge in [0.15, 0.2) is 11.5 Å². The van der Waals surface area contributed by atoms with Gasteiger partial charge in [-0.15, -0.1) is 10.6 Å². The number of methoxy groups -OCH3 is 1. The number of nitrogens with one attached hydrogen (secondary N) is 2. The van der Waals surface area contributed by atoms with Gasteiger partial charge in [-0.25, -0.2) is 23.8 Å². The molecule has 0 saturated heterocycles. The van der Waals surface area contributed by atoms with Gasteiger partial charge in [0.2, 0.25) is 9.84 Å². The van der Waals surface area contributed by atoms with Crippen LogP contribution in [0.2, 0.25) is 0 Å². The van der Waals surface area contributed by atoms with Gasteiger partial charge in [0.1, 0.15) is 12.2 Å². The third-order valence-electron chi connectivity index (χ3n) is 6.44. The van der Waals surface area contributed by atoms with E-state index >= 15 is 0 Å². The number of fused-ring (bicyclic) bond motifs is 1. The van der Waals surface area contributed by atoms with Crippen molar-refractivity contribution in [2.75, 3.05) is 31.0 Å². The zero-order valence-electron chi connectivity index (χ0n) is 24.0. The number of hydrogen-bond donors (Lipinski definition) is 2. The average Bonchev–Trinajstić information content (AvgIpc) is 3.42. The third kappa shape index (κ3) is 7.01. The van der Waals surface area contributed by atoms with Gasteiger partial charge in [-0.05, 0) is 75.1 Å². The molecule has 0 aromatic heterocycles. The Kier molecular flexibility index (Phi) is 8.93. The first-order valence-corrected chi connectivity index (χ1v) is 14.9. The molecule has 0 radical (unpaired) electrons. The highest BCUT2D eigenvalue weighted by Gasteiger charge is 2.41. The summed E-state index contributed by atoms with van der Waals surface area (Å²) in [5.41, 5.74) is 7.58. The summed E-state index contributed by atoms with van der Waals surface area (Å²) in [4.78, 5) is 14.8. The monoisotopic (exact) mass is 583 g/mol. The Labute approximate surface area is 241 Å². The fourth-order valence-corrected chi connectivity index (χ4v) is 6.14. The van der Waals surface area contributed by atoms with Crippen molar-refractivity contribution in [2.24, 2.45) is 5.10 Å². The number of carbonyl (C=O) groups is 1. The number of anilines is 1. The highest BCUT2D eigenvalue weighted by Crippen LogP contribution is 2.40. The molecule has 0 saturated carbocycles. The van der Waals surface area contributed by atoms with Crippen LogP contribution in [0.1, 0.15) is 44.9 Å². The summed E-state index contributed by atoms with van der Waals surface area (Å²) in [6, 6.07) is 11.7. The first-order valence-electron chi connectivity index (χ1n) is 13.2. The molecule has 1 unspecified atom stereocenters. The van der Waals surface area contributed by atoms with Crippen LogP contribution in [0.3, 0.4) is 0 Å². The molecule has 0 bridgehead atoms. The Morgan fingerprint density at radius 3 is 2.59 bits per heavy atom. The molecule has 12 heteroatoms. The molecule has 2 aromatic rings. The molecule has 220 valence electrons. The quantitative estimate of drug-likeness (QED) is 0.439. The molecular weight excluding hydrogens is 546 g/mol. The van der Waals surface area contributed by atoms with Crippen molar-refractivity contribution in [2.45, 2.75) is 45.8 Å². The second-order valence-electron chi connectivity index (χ2n) is 10.7. The number of benzene rings is 2. The lowest BCUT2D eigenvalue weighted by atomic mass is 9.93. The maximum atomic E-state index is 13.9. The topological polar surface area (TPSA) is 122 Å². The fourth-order valence-electron chi connectivity index (χ4n) is 4.60. The summed E-state index contributed by atoms with van der Waals surface area (Å²) < 4.78 is 45.1. The van der Waals surface area contributed by atoms with E-state index in [0.29, 0.717) is 35.8 Å². The molecule has 1 amide bonds. The van der Waals surface area contributed by atoms with Gasteiger partial charge in [-0.2, -0.15) is 0 Å². The second-order valence-corrected chi connectivity index (χ2v) is 12.7. The highest BCUT2D eigenvalue weighted by molar-refractivity contribution is 8.06. The Balaban J connectivity index is 1.72. The van der Waals surface area contributed by atoms with Crippen LogP contribution < -0.4 is 25.6 Å². The molecular formula is C29H37N5O6S. The van der Waals surface area contributed by atoms with E-state index in [4.69, 9.17) is 14.2 Å². The molecule has 2 aliphatic rings.